The number of amides is 1. The van der Waals surface area contributed by atoms with Crippen LogP contribution >= 0.6 is 12.2 Å². The number of halogens is 3. The number of benzene rings is 1. The summed E-state index contributed by atoms with van der Waals surface area (Å²) in [5.74, 6) is 0.512. The van der Waals surface area contributed by atoms with Crippen molar-refractivity contribution in [3.63, 3.8) is 0 Å². The highest BCUT2D eigenvalue weighted by molar-refractivity contribution is 7.80. The highest BCUT2D eigenvalue weighted by atomic mass is 32.1. The molecule has 1 aliphatic rings. The number of nitrogens with zero attached hydrogens (tertiary/aromatic N) is 1. The van der Waals surface area contributed by atoms with Crippen molar-refractivity contribution in [2.45, 2.75) is 18.1 Å². The zero-order chi connectivity index (χ0) is 18.9. The predicted molar refractivity (Wildman–Crippen MR) is 91.8 cm³/mol. The third-order valence-corrected chi connectivity index (χ3v) is 4.49. The maximum atomic E-state index is 13.5. The second kappa shape index (κ2) is 6.82. The van der Waals surface area contributed by atoms with Gasteiger partial charge in [0.1, 0.15) is 4.99 Å². The van der Waals surface area contributed by atoms with E-state index in [1.807, 2.05) is 0 Å². The van der Waals surface area contributed by atoms with Crippen molar-refractivity contribution in [2.24, 2.45) is 0 Å². The molecule has 0 bridgehead atoms. The molecule has 0 unspecified atom stereocenters. The zero-order valence-electron chi connectivity index (χ0n) is 13.2. The van der Waals surface area contributed by atoms with Gasteiger partial charge < -0.3 is 5.32 Å². The minimum absolute atomic E-state index is 0.0395. The van der Waals surface area contributed by atoms with E-state index in [0.29, 0.717) is 0 Å². The average Bonchev–Trinajstić information content (AvgIpc) is 2.61. The molecule has 2 aromatic rings. The summed E-state index contributed by atoms with van der Waals surface area (Å²) >= 11 is 5.08. The van der Waals surface area contributed by atoms with Gasteiger partial charge in [-0.15, -0.1) is 0 Å². The van der Waals surface area contributed by atoms with Crippen LogP contribution in [0.3, 0.4) is 0 Å². The Morgan fingerprint density at radius 1 is 1.12 bits per heavy atom. The molecule has 132 valence electrons. The average molecular weight is 376 g/mol. The topological polar surface area (TPSA) is 56.8 Å². The fraction of sp³-hybridized carbons (Fsp3) is 0.167. The smallest absolute Gasteiger partial charge is 0.310 e. The van der Waals surface area contributed by atoms with Gasteiger partial charge in [-0.1, -0.05) is 36.5 Å². The maximum Gasteiger partial charge on any atom is 0.416 e. The summed E-state index contributed by atoms with van der Waals surface area (Å²) in [5, 5.41) is 9.99. The minimum Gasteiger partial charge on any atom is -0.310 e. The van der Waals surface area contributed by atoms with E-state index >= 15 is 0 Å². The van der Waals surface area contributed by atoms with Crippen LogP contribution in [0.2, 0.25) is 0 Å². The molecule has 0 spiro atoms. The number of carbonyl (C=O) groups excluding carboxylic acids is 1. The molecule has 2 heterocycles. The fourth-order valence-corrected chi connectivity index (χ4v) is 3.37. The molecule has 0 radical (unpaired) electrons. The third-order valence-electron chi connectivity index (χ3n) is 4.17. The van der Waals surface area contributed by atoms with E-state index in [9.17, 15) is 18.0 Å². The van der Waals surface area contributed by atoms with Gasteiger partial charge in [0, 0.05) is 12.1 Å². The van der Waals surface area contributed by atoms with Crippen LogP contribution in [-0.4, -0.2) is 16.8 Å². The molecular formula is C18H13F3N3OS+. The van der Waals surface area contributed by atoms with Gasteiger partial charge >= 0.3 is 6.18 Å². The Bertz CT molecular complexity index is 921. The normalized spacial score (nSPS) is 20.5. The second-order valence-corrected chi connectivity index (χ2v) is 6.10. The van der Waals surface area contributed by atoms with E-state index in [4.69, 9.17) is 17.6 Å². The lowest BCUT2D eigenvalue weighted by atomic mass is 9.79. The van der Waals surface area contributed by atoms with E-state index in [-0.39, 0.29) is 16.1 Å². The monoisotopic (exact) mass is 376 g/mol. The lowest BCUT2D eigenvalue weighted by Crippen LogP contribution is -2.56. The van der Waals surface area contributed by atoms with Gasteiger partial charge in [0.15, 0.2) is 12.4 Å². The minimum atomic E-state index is -4.61. The van der Waals surface area contributed by atoms with E-state index in [0.717, 1.165) is 6.07 Å². The second-order valence-electron chi connectivity index (χ2n) is 5.69. The Morgan fingerprint density at radius 2 is 1.77 bits per heavy atom. The third kappa shape index (κ3) is 3.16. The molecule has 1 saturated heterocycles. The highest BCUT2D eigenvalue weighted by Gasteiger charge is 2.48. The van der Waals surface area contributed by atoms with Gasteiger partial charge in [0.2, 0.25) is 6.04 Å². The maximum absolute atomic E-state index is 13.5. The van der Waals surface area contributed by atoms with Crippen molar-refractivity contribution < 1.29 is 22.5 Å². The first-order valence-electron chi connectivity index (χ1n) is 7.61. The van der Waals surface area contributed by atoms with Crippen LogP contribution in [0.1, 0.15) is 23.1 Å². The number of rotatable bonds is 2. The van der Waals surface area contributed by atoms with Crippen molar-refractivity contribution in [1.29, 1.82) is 5.41 Å². The van der Waals surface area contributed by atoms with Crippen LogP contribution in [-0.2, 0) is 11.0 Å². The van der Waals surface area contributed by atoms with Crippen LogP contribution in [0.4, 0.5) is 13.2 Å². The van der Waals surface area contributed by atoms with Crippen LogP contribution in [0.15, 0.2) is 60.4 Å². The molecule has 2 atom stereocenters. The van der Waals surface area contributed by atoms with E-state index in [1.165, 1.54) is 22.8 Å². The number of pyridine rings is 1. The van der Waals surface area contributed by atoms with Gasteiger partial charge in [0.25, 0.3) is 5.91 Å². The molecule has 0 aliphatic carbocycles. The number of alkyl halides is 3. The largest absolute Gasteiger partial charge is 0.416 e. The van der Waals surface area contributed by atoms with Crippen LogP contribution in [0, 0.1) is 5.41 Å². The number of thiocarbonyl (C=S) groups is 1. The summed E-state index contributed by atoms with van der Waals surface area (Å²) in [6.45, 7) is 0. The summed E-state index contributed by atoms with van der Waals surface area (Å²) in [7, 11) is 0. The summed E-state index contributed by atoms with van der Waals surface area (Å²) in [6, 6.07) is 9.05. The molecule has 1 aromatic carbocycles. The molecule has 0 saturated carbocycles. The number of aromatic nitrogens is 1. The molecule has 2 N–H and O–H groups in total. The number of hydrogen-bond acceptors (Lipinski definition) is 3. The lowest BCUT2D eigenvalue weighted by molar-refractivity contribution is -0.711. The van der Waals surface area contributed by atoms with Gasteiger partial charge in [0.05, 0.1) is 17.1 Å². The Balaban J connectivity index is 2.27. The Labute approximate surface area is 152 Å². The summed E-state index contributed by atoms with van der Waals surface area (Å²) in [5.41, 5.74) is -0.942. The van der Waals surface area contributed by atoms with Gasteiger partial charge in [-0.2, -0.15) is 17.7 Å². The quantitative estimate of drug-likeness (QED) is 0.367. The molecule has 26 heavy (non-hydrogen) atoms. The first-order valence-corrected chi connectivity index (χ1v) is 8.02. The van der Waals surface area contributed by atoms with Crippen LogP contribution in [0.5, 0.6) is 0 Å². The Kier molecular flexibility index (Phi) is 4.71. The molecular weight excluding hydrogens is 363 g/mol. The number of carbonyl (C=O) groups is 1. The SMILES string of the molecule is N=C=C1C(=S)NC(=O)[C@H]([n+]2ccccc2)[C@H]1c1ccccc1C(F)(F)F. The summed E-state index contributed by atoms with van der Waals surface area (Å²) < 4.78 is 42.1. The van der Waals surface area contributed by atoms with E-state index in [2.05, 4.69) is 11.2 Å². The first-order chi connectivity index (χ1) is 12.3. The highest BCUT2D eigenvalue weighted by Crippen LogP contribution is 2.42. The predicted octanol–water partition coefficient (Wildman–Crippen LogP) is 2.95. The molecule has 1 aromatic heterocycles. The fourth-order valence-electron chi connectivity index (χ4n) is 3.10. The van der Waals surface area contributed by atoms with E-state index < -0.39 is 29.6 Å². The lowest BCUT2D eigenvalue weighted by Gasteiger charge is -2.30. The Morgan fingerprint density at radius 3 is 2.38 bits per heavy atom. The van der Waals surface area contributed by atoms with Crippen LogP contribution < -0.4 is 9.88 Å². The number of nitrogens with one attached hydrogen (secondary N) is 2. The van der Waals surface area contributed by atoms with Crippen molar-refractivity contribution in [3.05, 3.63) is 71.6 Å². The van der Waals surface area contributed by atoms with Crippen molar-refractivity contribution in [3.8, 4) is 0 Å². The summed E-state index contributed by atoms with van der Waals surface area (Å²) in [4.78, 5) is 12.5. The molecule has 8 heteroatoms. The van der Waals surface area contributed by atoms with Gasteiger partial charge in [-0.3, -0.25) is 10.2 Å². The molecule has 1 fully saturated rings. The van der Waals surface area contributed by atoms with Gasteiger partial charge in [-0.05, 0) is 17.5 Å². The number of hydrogen-bond donors (Lipinski definition) is 2. The van der Waals surface area contributed by atoms with E-state index in [1.54, 1.807) is 30.6 Å². The zero-order valence-corrected chi connectivity index (χ0v) is 14.1. The molecule has 1 aliphatic heterocycles. The first kappa shape index (κ1) is 18.0. The standard InChI is InChI=1S/C18H12F3N3OS/c19-18(20,21)13-7-3-2-6-11(13)14-12(10-22)17(26)23-16(25)15(14)24-8-4-1-5-9-24/h1-9,14-15,22H/p+1/t14-,15+/m0/s1. The van der Waals surface area contributed by atoms with Crippen molar-refractivity contribution in [1.82, 2.24) is 5.32 Å². The molecule has 3 rings (SSSR count). The van der Waals surface area contributed by atoms with Crippen molar-refractivity contribution in [2.75, 3.05) is 0 Å². The molecule has 4 nitrogen and oxygen atoms in total. The molecule has 1 amide bonds. The summed E-state index contributed by atoms with van der Waals surface area (Å²) in [6.07, 6.45) is -1.43. The number of piperidine rings is 1. The van der Waals surface area contributed by atoms with Gasteiger partial charge in [-0.25, -0.2) is 0 Å². The Hall–Kier alpha value is -2.83. The van der Waals surface area contributed by atoms with Crippen molar-refractivity contribution >= 4 is 29.0 Å². The van der Waals surface area contributed by atoms with Crippen LogP contribution in [0.25, 0.3) is 0 Å².